The number of para-hydroxylation sites is 1. The van der Waals surface area contributed by atoms with Crippen molar-refractivity contribution in [2.75, 3.05) is 19.7 Å². The molecule has 0 saturated carbocycles. The van der Waals surface area contributed by atoms with Gasteiger partial charge in [-0.15, -0.1) is 0 Å². The van der Waals surface area contributed by atoms with E-state index in [2.05, 4.69) is 15.9 Å². The van der Waals surface area contributed by atoms with E-state index in [9.17, 15) is 4.79 Å². The fourth-order valence-corrected chi connectivity index (χ4v) is 3.63. The minimum Gasteiger partial charge on any atom is -0.370 e. The van der Waals surface area contributed by atoms with E-state index in [1.165, 1.54) is 0 Å². The number of halogens is 1. The number of hydrogen-bond acceptors (Lipinski definition) is 2. The van der Waals surface area contributed by atoms with Gasteiger partial charge in [0.05, 0.1) is 13.2 Å². The molecule has 128 valence electrons. The number of carbonyl (C=O) groups is 1. The zero-order chi connectivity index (χ0) is 17.4. The predicted molar refractivity (Wildman–Crippen MR) is 102 cm³/mol. The number of carbonyl (C=O) groups excluding carboxylic acids is 1. The van der Waals surface area contributed by atoms with E-state index in [0.29, 0.717) is 19.7 Å². The highest BCUT2D eigenvalue weighted by atomic mass is 79.9. The van der Waals surface area contributed by atoms with Gasteiger partial charge in [-0.1, -0.05) is 46.3 Å². The molecule has 0 N–H and O–H groups in total. The van der Waals surface area contributed by atoms with Crippen LogP contribution in [0.4, 0.5) is 0 Å². The molecule has 1 aromatic heterocycles. The van der Waals surface area contributed by atoms with E-state index in [-0.39, 0.29) is 12.0 Å². The molecule has 4 rings (SSSR count). The van der Waals surface area contributed by atoms with E-state index in [0.717, 1.165) is 26.6 Å². The maximum absolute atomic E-state index is 13.1. The number of nitrogens with zero attached hydrogens (tertiary/aromatic N) is 2. The highest BCUT2D eigenvalue weighted by Crippen LogP contribution is 2.26. The van der Waals surface area contributed by atoms with Crippen molar-refractivity contribution in [1.82, 2.24) is 9.47 Å². The standard InChI is InChI=1S/C20H19BrN2O2/c1-22-17-5-3-2-4-15(17)12-18(22)20(24)23-10-11-25-19(13-23)14-6-8-16(21)9-7-14/h2-9,12,19H,10-11,13H2,1H3. The number of amides is 1. The van der Waals surface area contributed by atoms with Crippen LogP contribution < -0.4 is 0 Å². The van der Waals surface area contributed by atoms with Gasteiger partial charge in [-0.2, -0.15) is 0 Å². The molecule has 1 saturated heterocycles. The molecule has 0 spiro atoms. The second kappa shape index (κ2) is 6.65. The van der Waals surface area contributed by atoms with Gasteiger partial charge >= 0.3 is 0 Å². The predicted octanol–water partition coefficient (Wildman–Crippen LogP) is 4.15. The van der Waals surface area contributed by atoms with Gasteiger partial charge in [0.2, 0.25) is 0 Å². The van der Waals surface area contributed by atoms with Crippen LogP contribution in [0, 0.1) is 0 Å². The second-order valence-electron chi connectivity index (χ2n) is 6.31. The lowest BCUT2D eigenvalue weighted by Crippen LogP contribution is -2.42. The first kappa shape index (κ1) is 16.4. The molecular formula is C20H19BrN2O2. The maximum Gasteiger partial charge on any atom is 0.270 e. The summed E-state index contributed by atoms with van der Waals surface area (Å²) in [5.41, 5.74) is 2.89. The van der Waals surface area contributed by atoms with Crippen molar-refractivity contribution in [1.29, 1.82) is 0 Å². The molecule has 1 amide bonds. The first-order chi connectivity index (χ1) is 12.1. The van der Waals surface area contributed by atoms with Crippen LogP contribution >= 0.6 is 15.9 Å². The van der Waals surface area contributed by atoms with Crippen LogP contribution in [0.1, 0.15) is 22.2 Å². The minimum absolute atomic E-state index is 0.0594. The summed E-state index contributed by atoms with van der Waals surface area (Å²) < 4.78 is 8.90. The summed E-state index contributed by atoms with van der Waals surface area (Å²) in [6.45, 7) is 1.74. The molecule has 1 fully saturated rings. The summed E-state index contributed by atoms with van der Waals surface area (Å²) in [6, 6.07) is 18.1. The zero-order valence-electron chi connectivity index (χ0n) is 14.0. The second-order valence-corrected chi connectivity index (χ2v) is 7.23. The quantitative estimate of drug-likeness (QED) is 0.649. The highest BCUT2D eigenvalue weighted by molar-refractivity contribution is 9.10. The topological polar surface area (TPSA) is 34.5 Å². The molecule has 4 nitrogen and oxygen atoms in total. The third-order valence-corrected chi connectivity index (χ3v) is 5.29. The first-order valence-corrected chi connectivity index (χ1v) is 9.13. The number of morpholine rings is 1. The number of rotatable bonds is 2. The molecular weight excluding hydrogens is 380 g/mol. The van der Waals surface area contributed by atoms with Crippen LogP contribution in [-0.4, -0.2) is 35.1 Å². The average Bonchev–Trinajstić information content (AvgIpc) is 2.99. The number of aryl methyl sites for hydroxylation is 1. The van der Waals surface area contributed by atoms with Crippen molar-refractivity contribution in [3.8, 4) is 0 Å². The lowest BCUT2D eigenvalue weighted by molar-refractivity contribution is -0.0231. The van der Waals surface area contributed by atoms with Crippen LogP contribution in [-0.2, 0) is 11.8 Å². The largest absolute Gasteiger partial charge is 0.370 e. The van der Waals surface area contributed by atoms with Gasteiger partial charge in [-0.25, -0.2) is 0 Å². The Balaban J connectivity index is 1.59. The van der Waals surface area contributed by atoms with Crippen molar-refractivity contribution >= 4 is 32.7 Å². The summed E-state index contributed by atoms with van der Waals surface area (Å²) in [6.07, 6.45) is -0.0829. The van der Waals surface area contributed by atoms with E-state index in [1.54, 1.807) is 0 Å². The molecule has 5 heteroatoms. The van der Waals surface area contributed by atoms with Gasteiger partial charge in [0, 0.05) is 29.0 Å². The van der Waals surface area contributed by atoms with Crippen molar-refractivity contribution in [2.24, 2.45) is 7.05 Å². The summed E-state index contributed by atoms with van der Waals surface area (Å²) >= 11 is 3.45. The third-order valence-electron chi connectivity index (χ3n) is 4.77. The average molecular weight is 399 g/mol. The number of aromatic nitrogens is 1. The van der Waals surface area contributed by atoms with Gasteiger partial charge in [0.25, 0.3) is 5.91 Å². The molecule has 0 bridgehead atoms. The normalized spacial score (nSPS) is 17.8. The minimum atomic E-state index is -0.0829. The van der Waals surface area contributed by atoms with Crippen molar-refractivity contribution in [2.45, 2.75) is 6.10 Å². The van der Waals surface area contributed by atoms with Crippen LogP contribution in [0.15, 0.2) is 59.1 Å². The molecule has 1 atom stereocenters. The van der Waals surface area contributed by atoms with Crippen molar-refractivity contribution < 1.29 is 9.53 Å². The van der Waals surface area contributed by atoms with Gasteiger partial charge in [0.15, 0.2) is 0 Å². The van der Waals surface area contributed by atoms with Gasteiger partial charge in [-0.3, -0.25) is 4.79 Å². The van der Waals surface area contributed by atoms with E-state index < -0.39 is 0 Å². The van der Waals surface area contributed by atoms with Crippen LogP contribution in [0.3, 0.4) is 0 Å². The first-order valence-electron chi connectivity index (χ1n) is 8.34. The van der Waals surface area contributed by atoms with Gasteiger partial charge in [0.1, 0.15) is 11.8 Å². The van der Waals surface area contributed by atoms with Crippen molar-refractivity contribution in [3.63, 3.8) is 0 Å². The Morgan fingerprint density at radius 2 is 1.92 bits per heavy atom. The Hall–Kier alpha value is -2.11. The van der Waals surface area contributed by atoms with E-state index >= 15 is 0 Å². The lowest BCUT2D eigenvalue weighted by Gasteiger charge is -2.33. The number of hydrogen-bond donors (Lipinski definition) is 0. The molecule has 1 unspecified atom stereocenters. The number of ether oxygens (including phenoxy) is 1. The van der Waals surface area contributed by atoms with Gasteiger partial charge in [-0.05, 0) is 29.8 Å². The maximum atomic E-state index is 13.1. The summed E-state index contributed by atoms with van der Waals surface area (Å²) in [5, 5.41) is 1.09. The zero-order valence-corrected chi connectivity index (χ0v) is 15.6. The molecule has 2 aromatic carbocycles. The molecule has 1 aliphatic heterocycles. The van der Waals surface area contributed by atoms with Crippen molar-refractivity contribution in [3.05, 3.63) is 70.3 Å². The Morgan fingerprint density at radius 1 is 1.16 bits per heavy atom. The molecule has 0 aliphatic carbocycles. The monoisotopic (exact) mass is 398 g/mol. The fraction of sp³-hybridized carbons (Fsp3) is 0.250. The third kappa shape index (κ3) is 3.10. The van der Waals surface area contributed by atoms with E-state index in [4.69, 9.17) is 4.74 Å². The van der Waals surface area contributed by atoms with Crippen LogP contribution in [0.5, 0.6) is 0 Å². The summed E-state index contributed by atoms with van der Waals surface area (Å²) in [7, 11) is 1.95. The lowest BCUT2D eigenvalue weighted by atomic mass is 10.1. The smallest absolute Gasteiger partial charge is 0.270 e. The fourth-order valence-electron chi connectivity index (χ4n) is 3.37. The Morgan fingerprint density at radius 3 is 2.68 bits per heavy atom. The highest BCUT2D eigenvalue weighted by Gasteiger charge is 2.27. The Labute approximate surface area is 155 Å². The van der Waals surface area contributed by atoms with E-state index in [1.807, 2.05) is 71.1 Å². The van der Waals surface area contributed by atoms with Crippen LogP contribution in [0.25, 0.3) is 10.9 Å². The molecule has 0 radical (unpaired) electrons. The number of benzene rings is 2. The summed E-state index contributed by atoms with van der Waals surface area (Å²) in [5.74, 6) is 0.0594. The van der Waals surface area contributed by atoms with Gasteiger partial charge < -0.3 is 14.2 Å². The Kier molecular flexibility index (Phi) is 4.36. The summed E-state index contributed by atoms with van der Waals surface area (Å²) in [4.78, 5) is 15.0. The molecule has 1 aliphatic rings. The molecule has 3 aromatic rings. The SMILES string of the molecule is Cn1c(C(=O)N2CCOC(c3ccc(Br)cc3)C2)cc2ccccc21. The molecule has 2 heterocycles. The number of fused-ring (bicyclic) bond motifs is 1. The van der Waals surface area contributed by atoms with Crippen LogP contribution in [0.2, 0.25) is 0 Å². The molecule has 25 heavy (non-hydrogen) atoms. The Bertz CT molecular complexity index is 917.